The number of carbonyl (C=O) groups is 3. The quantitative estimate of drug-likeness (QED) is 0.685. The number of nitrogens with zero attached hydrogens (tertiary/aromatic N) is 1. The zero-order chi connectivity index (χ0) is 19.1. The van der Waals surface area contributed by atoms with Crippen molar-refractivity contribution < 1.29 is 14.4 Å². The first-order valence-corrected chi connectivity index (χ1v) is 8.71. The van der Waals surface area contributed by atoms with E-state index in [-0.39, 0.29) is 23.6 Å². The van der Waals surface area contributed by atoms with Crippen LogP contribution in [0.15, 0.2) is 59.6 Å². The molecular weight excluding hydrogens is 344 g/mol. The molecule has 1 heterocycles. The first-order valence-electron chi connectivity index (χ1n) is 8.71. The zero-order valence-electron chi connectivity index (χ0n) is 14.7. The molecule has 7 nitrogen and oxygen atoms in total. The number of hydrogen-bond acceptors (Lipinski definition) is 3. The standard InChI is InChI=1S/C20H20N4O3/c25-18-16-10-5-4-7-14(16)13-17(24-18)19(26)21-11-6-12-22-20(27)23-15-8-2-1-3-9-15/h1-5,7-10H,6,11-13H2,(H,21,26)(H2,22,23,27). The number of nitrogens with one attached hydrogen (secondary N) is 3. The second-order valence-corrected chi connectivity index (χ2v) is 6.05. The summed E-state index contributed by atoms with van der Waals surface area (Å²) < 4.78 is 0. The third kappa shape index (κ3) is 5.01. The second-order valence-electron chi connectivity index (χ2n) is 6.05. The topological polar surface area (TPSA) is 99.7 Å². The van der Waals surface area contributed by atoms with Crippen molar-refractivity contribution in [3.05, 3.63) is 65.7 Å². The smallest absolute Gasteiger partial charge is 0.319 e. The number of para-hydroxylation sites is 1. The van der Waals surface area contributed by atoms with Crippen molar-refractivity contribution >= 4 is 29.2 Å². The van der Waals surface area contributed by atoms with E-state index in [1.165, 1.54) is 0 Å². The monoisotopic (exact) mass is 364 g/mol. The molecule has 0 aromatic heterocycles. The molecule has 0 unspecified atom stereocenters. The van der Waals surface area contributed by atoms with Gasteiger partial charge in [-0.15, -0.1) is 0 Å². The third-order valence-corrected chi connectivity index (χ3v) is 4.06. The summed E-state index contributed by atoms with van der Waals surface area (Å²) in [6.45, 7) is 0.784. The van der Waals surface area contributed by atoms with Crippen molar-refractivity contribution in [2.24, 2.45) is 4.99 Å². The first kappa shape index (κ1) is 18.3. The van der Waals surface area contributed by atoms with Gasteiger partial charge in [0, 0.05) is 30.8 Å². The second kappa shape index (κ2) is 8.75. The molecule has 0 radical (unpaired) electrons. The molecule has 0 saturated heterocycles. The number of benzene rings is 2. The summed E-state index contributed by atoms with van der Waals surface area (Å²) in [6.07, 6.45) is 0.900. The lowest BCUT2D eigenvalue weighted by Crippen LogP contribution is -2.37. The minimum absolute atomic E-state index is 0.216. The Balaban J connectivity index is 1.38. The minimum Gasteiger partial charge on any atom is -0.351 e. The van der Waals surface area contributed by atoms with Crippen LogP contribution in [-0.4, -0.2) is 36.6 Å². The van der Waals surface area contributed by atoms with E-state index in [1.54, 1.807) is 24.3 Å². The lowest BCUT2D eigenvalue weighted by Gasteiger charge is -2.14. The third-order valence-electron chi connectivity index (χ3n) is 4.06. The zero-order valence-corrected chi connectivity index (χ0v) is 14.7. The Kier molecular flexibility index (Phi) is 5.94. The highest BCUT2D eigenvalue weighted by Gasteiger charge is 2.22. The summed E-state index contributed by atoms with van der Waals surface area (Å²) in [5, 5.41) is 8.17. The van der Waals surface area contributed by atoms with Gasteiger partial charge < -0.3 is 16.0 Å². The largest absolute Gasteiger partial charge is 0.351 e. The van der Waals surface area contributed by atoms with Gasteiger partial charge >= 0.3 is 6.03 Å². The average Bonchev–Trinajstić information content (AvgIpc) is 2.68. The van der Waals surface area contributed by atoms with Crippen LogP contribution in [0.5, 0.6) is 0 Å². The lowest BCUT2D eigenvalue weighted by atomic mass is 9.98. The minimum atomic E-state index is -0.388. The van der Waals surface area contributed by atoms with Gasteiger partial charge in [0.1, 0.15) is 5.71 Å². The van der Waals surface area contributed by atoms with Gasteiger partial charge in [0.15, 0.2) is 0 Å². The van der Waals surface area contributed by atoms with Gasteiger partial charge in [-0.25, -0.2) is 9.79 Å². The van der Waals surface area contributed by atoms with Crippen molar-refractivity contribution in [2.45, 2.75) is 12.8 Å². The normalized spacial score (nSPS) is 12.6. The Morgan fingerprint density at radius 3 is 2.44 bits per heavy atom. The van der Waals surface area contributed by atoms with E-state index in [0.29, 0.717) is 37.2 Å². The highest BCUT2D eigenvalue weighted by atomic mass is 16.2. The maximum atomic E-state index is 12.2. The van der Waals surface area contributed by atoms with Crippen molar-refractivity contribution in [3.63, 3.8) is 0 Å². The van der Waals surface area contributed by atoms with E-state index in [4.69, 9.17) is 0 Å². The highest BCUT2D eigenvalue weighted by molar-refractivity contribution is 6.42. The predicted molar refractivity (Wildman–Crippen MR) is 103 cm³/mol. The number of hydrogen-bond donors (Lipinski definition) is 3. The van der Waals surface area contributed by atoms with Crippen molar-refractivity contribution in [2.75, 3.05) is 18.4 Å². The van der Waals surface area contributed by atoms with Crippen LogP contribution in [0.1, 0.15) is 22.3 Å². The van der Waals surface area contributed by atoms with Gasteiger partial charge in [-0.2, -0.15) is 0 Å². The van der Waals surface area contributed by atoms with Gasteiger partial charge in [0.05, 0.1) is 0 Å². The summed E-state index contributed by atoms with van der Waals surface area (Å²) in [7, 11) is 0. The Hall–Kier alpha value is -3.48. The fourth-order valence-electron chi connectivity index (χ4n) is 2.71. The van der Waals surface area contributed by atoms with E-state index >= 15 is 0 Å². The number of aliphatic imine (C=N–C) groups is 1. The molecule has 2 aromatic carbocycles. The van der Waals surface area contributed by atoms with E-state index in [9.17, 15) is 14.4 Å². The molecule has 7 heteroatoms. The van der Waals surface area contributed by atoms with Gasteiger partial charge in [-0.05, 0) is 30.2 Å². The van der Waals surface area contributed by atoms with Crippen molar-refractivity contribution in [3.8, 4) is 0 Å². The molecule has 2 aromatic rings. The molecule has 3 N–H and O–H groups in total. The molecular formula is C20H20N4O3. The number of amides is 4. The molecule has 3 rings (SSSR count). The Morgan fingerprint density at radius 2 is 1.63 bits per heavy atom. The van der Waals surface area contributed by atoms with Crippen LogP contribution in [0.25, 0.3) is 0 Å². The summed E-state index contributed by atoms with van der Waals surface area (Å²) >= 11 is 0. The van der Waals surface area contributed by atoms with E-state index in [1.807, 2.05) is 30.3 Å². The van der Waals surface area contributed by atoms with E-state index in [2.05, 4.69) is 20.9 Å². The van der Waals surface area contributed by atoms with Crippen molar-refractivity contribution in [1.29, 1.82) is 0 Å². The van der Waals surface area contributed by atoms with Gasteiger partial charge in [0.2, 0.25) is 0 Å². The maximum absolute atomic E-state index is 12.2. The Morgan fingerprint density at radius 1 is 0.926 bits per heavy atom. The van der Waals surface area contributed by atoms with Gasteiger partial charge in [-0.1, -0.05) is 36.4 Å². The van der Waals surface area contributed by atoms with Crippen LogP contribution >= 0.6 is 0 Å². The average molecular weight is 364 g/mol. The molecule has 138 valence electrons. The molecule has 0 fully saturated rings. The van der Waals surface area contributed by atoms with Crippen LogP contribution in [0.3, 0.4) is 0 Å². The molecule has 0 spiro atoms. The number of urea groups is 1. The van der Waals surface area contributed by atoms with E-state index < -0.39 is 0 Å². The van der Waals surface area contributed by atoms with E-state index in [0.717, 1.165) is 5.56 Å². The summed E-state index contributed by atoms with van der Waals surface area (Å²) in [5.41, 5.74) is 2.28. The molecule has 4 amide bonds. The van der Waals surface area contributed by atoms with Crippen LogP contribution in [0.4, 0.5) is 10.5 Å². The van der Waals surface area contributed by atoms with Gasteiger partial charge in [-0.3, -0.25) is 9.59 Å². The summed E-state index contributed by atoms with van der Waals surface area (Å²) in [5.74, 6) is -0.743. The molecule has 27 heavy (non-hydrogen) atoms. The number of anilines is 1. The summed E-state index contributed by atoms with van der Waals surface area (Å²) in [6, 6.07) is 16.0. The fraction of sp³-hybridized carbons (Fsp3) is 0.200. The molecule has 0 aliphatic carbocycles. The lowest BCUT2D eigenvalue weighted by molar-refractivity contribution is -0.114. The highest BCUT2D eigenvalue weighted by Crippen LogP contribution is 2.16. The number of carbonyl (C=O) groups excluding carboxylic acids is 3. The number of rotatable bonds is 6. The first-order chi connectivity index (χ1) is 13.1. The molecule has 0 atom stereocenters. The number of fused-ring (bicyclic) bond motifs is 1. The van der Waals surface area contributed by atoms with Gasteiger partial charge in [0.25, 0.3) is 11.8 Å². The molecule has 1 aliphatic rings. The fourth-order valence-corrected chi connectivity index (χ4v) is 2.71. The van der Waals surface area contributed by atoms with Crippen LogP contribution in [0, 0.1) is 0 Å². The van der Waals surface area contributed by atoms with Crippen LogP contribution in [-0.2, 0) is 11.2 Å². The predicted octanol–water partition coefficient (Wildman–Crippen LogP) is 2.15. The summed E-state index contributed by atoms with van der Waals surface area (Å²) in [4.78, 5) is 39.8. The molecule has 1 aliphatic heterocycles. The Labute approximate surface area is 156 Å². The Bertz CT molecular complexity index is 878. The SMILES string of the molecule is O=C(NCCCNC(=O)C1=NC(=O)c2ccccc2C1)Nc1ccccc1. The van der Waals surface area contributed by atoms with Crippen LogP contribution in [0.2, 0.25) is 0 Å². The molecule has 0 saturated carbocycles. The van der Waals surface area contributed by atoms with Crippen molar-refractivity contribution in [1.82, 2.24) is 10.6 Å². The van der Waals surface area contributed by atoms with Crippen LogP contribution < -0.4 is 16.0 Å². The maximum Gasteiger partial charge on any atom is 0.319 e. The molecule has 0 bridgehead atoms.